The molecule has 80 valence electrons. The maximum Gasteiger partial charge on any atom is 0.0428 e. The second kappa shape index (κ2) is 30.1. The Labute approximate surface area is 84.2 Å². The van der Waals surface area contributed by atoms with Crippen molar-refractivity contribution >= 4 is 0 Å². The molecule has 1 heteroatoms. The van der Waals surface area contributed by atoms with E-state index in [0.29, 0.717) is 6.61 Å². The Morgan fingerprint density at radius 1 is 1.00 bits per heavy atom. The van der Waals surface area contributed by atoms with Crippen molar-refractivity contribution in [1.82, 2.24) is 0 Å². The second-order valence-corrected chi connectivity index (χ2v) is 2.59. The minimum atomic E-state index is 0.319. The minimum absolute atomic E-state index is 0.319. The lowest BCUT2D eigenvalue weighted by atomic mass is 10.3. The molecular formula is C12H26O. The van der Waals surface area contributed by atoms with Crippen LogP contribution in [0.25, 0.3) is 0 Å². The number of allylic oxidation sites excluding steroid dienone is 2. The smallest absolute Gasteiger partial charge is 0.0428 e. The average molecular weight is 186 g/mol. The van der Waals surface area contributed by atoms with Crippen molar-refractivity contribution in [3.05, 3.63) is 25.3 Å². The molecule has 0 aromatic heterocycles. The number of rotatable bonds is 4. The molecular weight excluding hydrogens is 160 g/mol. The van der Waals surface area contributed by atoms with Gasteiger partial charge in [-0.15, -0.1) is 13.2 Å². The van der Waals surface area contributed by atoms with Crippen molar-refractivity contribution in [3.8, 4) is 0 Å². The van der Waals surface area contributed by atoms with Crippen molar-refractivity contribution < 1.29 is 5.11 Å². The van der Waals surface area contributed by atoms with Gasteiger partial charge in [0.25, 0.3) is 0 Å². The van der Waals surface area contributed by atoms with Crippen molar-refractivity contribution in [2.45, 2.75) is 46.5 Å². The number of aliphatic hydroxyl groups excluding tert-OH is 1. The lowest BCUT2D eigenvalue weighted by Crippen LogP contribution is -1.69. The Morgan fingerprint density at radius 3 is 1.31 bits per heavy atom. The van der Waals surface area contributed by atoms with E-state index in [9.17, 15) is 0 Å². The van der Waals surface area contributed by atoms with Gasteiger partial charge in [-0.05, 0) is 19.3 Å². The fourth-order valence-electron chi connectivity index (χ4n) is 0.236. The average Bonchev–Trinajstić information content (AvgIpc) is 2.16. The quantitative estimate of drug-likeness (QED) is 0.521. The highest BCUT2D eigenvalue weighted by Gasteiger charge is 1.66. The van der Waals surface area contributed by atoms with Gasteiger partial charge in [0.1, 0.15) is 0 Å². The van der Waals surface area contributed by atoms with E-state index >= 15 is 0 Å². The van der Waals surface area contributed by atoms with E-state index in [1.165, 1.54) is 6.42 Å². The summed E-state index contributed by atoms with van der Waals surface area (Å²) >= 11 is 0. The van der Waals surface area contributed by atoms with Gasteiger partial charge in [0, 0.05) is 6.61 Å². The van der Waals surface area contributed by atoms with Crippen molar-refractivity contribution in [1.29, 1.82) is 0 Å². The van der Waals surface area contributed by atoms with Crippen molar-refractivity contribution in [2.75, 3.05) is 6.61 Å². The Morgan fingerprint density at radius 2 is 1.23 bits per heavy atom. The molecule has 0 aromatic carbocycles. The second-order valence-electron chi connectivity index (χ2n) is 2.59. The first-order chi connectivity index (χ1) is 6.24. The third-order valence-corrected chi connectivity index (χ3v) is 0.799. The molecule has 0 saturated heterocycles. The van der Waals surface area contributed by atoms with Crippen LogP contribution in [0.4, 0.5) is 0 Å². The molecule has 0 aliphatic rings. The Bertz CT molecular complexity index is 67.2. The predicted octanol–water partition coefficient (Wildman–Crippen LogP) is 3.94. The summed E-state index contributed by atoms with van der Waals surface area (Å²) in [4.78, 5) is 0. The van der Waals surface area contributed by atoms with Crippen LogP contribution in [-0.4, -0.2) is 11.7 Å². The van der Waals surface area contributed by atoms with Gasteiger partial charge in [-0.3, -0.25) is 0 Å². The largest absolute Gasteiger partial charge is 0.396 e. The first kappa shape index (κ1) is 18.3. The van der Waals surface area contributed by atoms with E-state index < -0.39 is 0 Å². The molecule has 0 atom stereocenters. The summed E-state index contributed by atoms with van der Waals surface area (Å²) in [6.45, 7) is 13.6. The molecule has 13 heavy (non-hydrogen) atoms. The van der Waals surface area contributed by atoms with E-state index in [-0.39, 0.29) is 0 Å². The van der Waals surface area contributed by atoms with Gasteiger partial charge in [-0.25, -0.2) is 0 Å². The predicted molar refractivity (Wildman–Crippen MR) is 63.0 cm³/mol. The van der Waals surface area contributed by atoms with Crippen LogP contribution < -0.4 is 0 Å². The van der Waals surface area contributed by atoms with E-state index in [2.05, 4.69) is 27.0 Å². The molecule has 0 fully saturated rings. The van der Waals surface area contributed by atoms with E-state index in [0.717, 1.165) is 19.3 Å². The van der Waals surface area contributed by atoms with Gasteiger partial charge in [-0.2, -0.15) is 0 Å². The molecule has 0 amide bonds. The van der Waals surface area contributed by atoms with E-state index in [1.807, 2.05) is 19.1 Å². The molecule has 0 saturated carbocycles. The van der Waals surface area contributed by atoms with Crippen molar-refractivity contribution in [2.24, 2.45) is 0 Å². The molecule has 0 bridgehead atoms. The number of unbranched alkanes of at least 4 members (excludes halogenated alkanes) is 1. The summed E-state index contributed by atoms with van der Waals surface area (Å²) in [7, 11) is 0. The minimum Gasteiger partial charge on any atom is -0.396 e. The van der Waals surface area contributed by atoms with Gasteiger partial charge in [0.05, 0.1) is 0 Å². The van der Waals surface area contributed by atoms with Crippen LogP contribution in [0.5, 0.6) is 0 Å². The first-order valence-corrected chi connectivity index (χ1v) is 5.07. The highest BCUT2D eigenvalue weighted by atomic mass is 16.2. The SMILES string of the molecule is C=CCCC=C.CCC.CCCO. The topological polar surface area (TPSA) is 20.2 Å². The maximum atomic E-state index is 7.88. The summed E-state index contributed by atoms with van der Waals surface area (Å²) in [5, 5.41) is 7.88. The third kappa shape index (κ3) is 86.1. The standard InChI is InChI=1S/C6H10.C3H8O.C3H8/c1-3-5-6-4-2;1-2-3-4;1-3-2/h3-4H,1-2,5-6H2;4H,2-3H2,1H3;3H2,1-2H3. The molecule has 0 spiro atoms. The molecule has 0 unspecified atom stereocenters. The van der Waals surface area contributed by atoms with Crippen LogP contribution in [0.1, 0.15) is 46.5 Å². The van der Waals surface area contributed by atoms with E-state index in [1.54, 1.807) is 0 Å². The zero-order valence-electron chi connectivity index (χ0n) is 9.55. The molecule has 0 aromatic rings. The summed E-state index contributed by atoms with van der Waals surface area (Å²) in [6.07, 6.45) is 8.02. The normalized spacial score (nSPS) is 7.08. The lowest BCUT2D eigenvalue weighted by Gasteiger charge is -1.76. The van der Waals surface area contributed by atoms with Gasteiger partial charge in [0.2, 0.25) is 0 Å². The van der Waals surface area contributed by atoms with Crippen LogP contribution in [0, 0.1) is 0 Å². The van der Waals surface area contributed by atoms with Gasteiger partial charge >= 0.3 is 0 Å². The number of hydrogen-bond donors (Lipinski definition) is 1. The highest BCUT2D eigenvalue weighted by Crippen LogP contribution is 1.86. The summed E-state index contributed by atoms with van der Waals surface area (Å²) in [6, 6.07) is 0. The molecule has 0 aliphatic carbocycles. The summed E-state index contributed by atoms with van der Waals surface area (Å²) in [5.74, 6) is 0. The van der Waals surface area contributed by atoms with Gasteiger partial charge in [0.15, 0.2) is 0 Å². The van der Waals surface area contributed by atoms with Crippen LogP contribution in [-0.2, 0) is 0 Å². The van der Waals surface area contributed by atoms with Crippen LogP contribution in [0.15, 0.2) is 25.3 Å². The monoisotopic (exact) mass is 186 g/mol. The molecule has 1 nitrogen and oxygen atoms in total. The molecule has 0 aliphatic heterocycles. The zero-order chi connectivity index (χ0) is 10.9. The Kier molecular flexibility index (Phi) is 42.3. The maximum absolute atomic E-state index is 7.88. The lowest BCUT2D eigenvalue weighted by molar-refractivity contribution is 0.295. The first-order valence-electron chi connectivity index (χ1n) is 5.07. The molecule has 0 radical (unpaired) electrons. The Hall–Kier alpha value is -0.560. The van der Waals surface area contributed by atoms with Gasteiger partial charge in [-0.1, -0.05) is 39.3 Å². The molecule has 0 rings (SSSR count). The fraction of sp³-hybridized carbons (Fsp3) is 0.667. The fourth-order valence-corrected chi connectivity index (χ4v) is 0.236. The van der Waals surface area contributed by atoms with Crippen LogP contribution >= 0.6 is 0 Å². The number of aliphatic hydroxyl groups is 1. The highest BCUT2D eigenvalue weighted by molar-refractivity contribution is 4.74. The summed E-state index contributed by atoms with van der Waals surface area (Å²) < 4.78 is 0. The molecule has 1 N–H and O–H groups in total. The number of hydrogen-bond acceptors (Lipinski definition) is 1. The van der Waals surface area contributed by atoms with Crippen LogP contribution in [0.3, 0.4) is 0 Å². The molecule has 0 heterocycles. The van der Waals surface area contributed by atoms with Crippen molar-refractivity contribution in [3.63, 3.8) is 0 Å². The van der Waals surface area contributed by atoms with Crippen LogP contribution in [0.2, 0.25) is 0 Å². The Balaban J connectivity index is -0.000000125. The van der Waals surface area contributed by atoms with E-state index in [4.69, 9.17) is 5.11 Å². The van der Waals surface area contributed by atoms with Gasteiger partial charge < -0.3 is 5.11 Å². The third-order valence-electron chi connectivity index (χ3n) is 0.799. The summed E-state index contributed by atoms with van der Waals surface area (Å²) in [5.41, 5.74) is 0. The zero-order valence-corrected chi connectivity index (χ0v) is 9.55.